The van der Waals surface area contributed by atoms with Crippen molar-refractivity contribution >= 4 is 39.9 Å². The standard InChI is InChI=1S/C17H14N4OS2/c1-2-9-24-17-19-16(22)14-11-6-3-4-7-12(11)18-15(21(14)20-17)13-8-5-10-23-13/h2-8,10,15H,1,9H2,(H,19,20,22)/t15-/m1/s1. The quantitative estimate of drug-likeness (QED) is 0.856. The average Bonchev–Trinajstić information content (AvgIpc) is 3.13. The molecule has 0 spiro atoms. The van der Waals surface area contributed by atoms with Crippen LogP contribution in [0.3, 0.4) is 0 Å². The van der Waals surface area contributed by atoms with Gasteiger partial charge in [-0.25, -0.2) is 5.01 Å². The number of para-hydroxylation sites is 1. The number of hydrogen-bond donors (Lipinski definition) is 1. The first kappa shape index (κ1) is 15.2. The molecule has 0 saturated heterocycles. The number of amides is 1. The fourth-order valence-electron chi connectivity index (χ4n) is 2.65. The Hall–Kier alpha value is -2.38. The number of amidine groups is 1. The van der Waals surface area contributed by atoms with Crippen LogP contribution in [0.1, 0.15) is 11.0 Å². The number of thiophene rings is 1. The molecule has 2 aliphatic heterocycles. The second-order valence-corrected chi connectivity index (χ2v) is 7.18. The molecule has 1 amide bonds. The SMILES string of the molecule is C=CCSC1=NN2C(=c3ccccc3=N[C@H]2c2cccs2)C(=O)N1. The van der Waals surface area contributed by atoms with Gasteiger partial charge < -0.3 is 0 Å². The minimum Gasteiger partial charge on any atom is -0.298 e. The maximum Gasteiger partial charge on any atom is 0.276 e. The molecular formula is C17H14N4OS2. The van der Waals surface area contributed by atoms with Crippen molar-refractivity contribution in [3.05, 3.63) is 69.9 Å². The van der Waals surface area contributed by atoms with Gasteiger partial charge in [0.1, 0.15) is 5.70 Å². The minimum absolute atomic E-state index is 0.152. The van der Waals surface area contributed by atoms with Crippen LogP contribution in [0.25, 0.3) is 5.70 Å². The van der Waals surface area contributed by atoms with Gasteiger partial charge in [0.15, 0.2) is 11.3 Å². The van der Waals surface area contributed by atoms with Gasteiger partial charge in [-0.05, 0) is 17.5 Å². The highest BCUT2D eigenvalue weighted by Crippen LogP contribution is 2.32. The highest BCUT2D eigenvalue weighted by Gasteiger charge is 2.34. The molecule has 24 heavy (non-hydrogen) atoms. The molecule has 1 N–H and O–H groups in total. The number of rotatable bonds is 3. The van der Waals surface area contributed by atoms with Crippen molar-refractivity contribution in [2.45, 2.75) is 6.17 Å². The van der Waals surface area contributed by atoms with E-state index in [9.17, 15) is 4.79 Å². The number of carbonyl (C=O) groups is 1. The predicted molar refractivity (Wildman–Crippen MR) is 97.8 cm³/mol. The second kappa shape index (κ2) is 6.26. The summed E-state index contributed by atoms with van der Waals surface area (Å²) in [6.45, 7) is 3.71. The van der Waals surface area contributed by atoms with E-state index in [-0.39, 0.29) is 12.1 Å². The van der Waals surface area contributed by atoms with Gasteiger partial charge >= 0.3 is 0 Å². The summed E-state index contributed by atoms with van der Waals surface area (Å²) in [5.74, 6) is 0.528. The van der Waals surface area contributed by atoms with Crippen molar-refractivity contribution < 1.29 is 4.79 Å². The number of benzene rings is 1. The number of nitrogens with one attached hydrogen (secondary N) is 1. The highest BCUT2D eigenvalue weighted by atomic mass is 32.2. The summed E-state index contributed by atoms with van der Waals surface area (Å²) in [6, 6.07) is 11.7. The first-order valence-corrected chi connectivity index (χ1v) is 9.28. The first-order chi connectivity index (χ1) is 11.8. The van der Waals surface area contributed by atoms with E-state index >= 15 is 0 Å². The Balaban J connectivity index is 1.91. The monoisotopic (exact) mass is 354 g/mol. The zero-order chi connectivity index (χ0) is 16.5. The van der Waals surface area contributed by atoms with E-state index < -0.39 is 0 Å². The van der Waals surface area contributed by atoms with Crippen LogP contribution in [0.15, 0.2) is 64.5 Å². The molecule has 0 radical (unpaired) electrons. The van der Waals surface area contributed by atoms with Crippen LogP contribution in [0.4, 0.5) is 0 Å². The third-order valence-electron chi connectivity index (χ3n) is 3.65. The Morgan fingerprint density at radius 3 is 3.00 bits per heavy atom. The Kier molecular flexibility index (Phi) is 3.95. The maximum absolute atomic E-state index is 12.7. The molecular weight excluding hydrogens is 340 g/mol. The van der Waals surface area contributed by atoms with Crippen LogP contribution in [-0.2, 0) is 4.79 Å². The van der Waals surface area contributed by atoms with Gasteiger partial charge in [-0.15, -0.1) is 23.0 Å². The molecule has 1 aromatic carbocycles. The number of hydrogen-bond acceptors (Lipinski definition) is 6. The van der Waals surface area contributed by atoms with Crippen LogP contribution in [0.5, 0.6) is 0 Å². The summed E-state index contributed by atoms with van der Waals surface area (Å²) in [7, 11) is 0. The lowest BCUT2D eigenvalue weighted by Gasteiger charge is -2.33. The van der Waals surface area contributed by atoms with Crippen LogP contribution >= 0.6 is 23.1 Å². The lowest BCUT2D eigenvalue weighted by molar-refractivity contribution is -0.116. The smallest absolute Gasteiger partial charge is 0.276 e. The lowest BCUT2D eigenvalue weighted by atomic mass is 10.1. The average molecular weight is 354 g/mol. The van der Waals surface area contributed by atoms with Crippen LogP contribution < -0.4 is 15.9 Å². The topological polar surface area (TPSA) is 57.1 Å². The third kappa shape index (κ3) is 2.55. The summed E-state index contributed by atoms with van der Waals surface area (Å²) in [5, 5.41) is 13.4. The summed E-state index contributed by atoms with van der Waals surface area (Å²) in [4.78, 5) is 18.6. The highest BCUT2D eigenvalue weighted by molar-refractivity contribution is 8.14. The fourth-order valence-corrected chi connectivity index (χ4v) is 3.99. The van der Waals surface area contributed by atoms with Gasteiger partial charge in [0, 0.05) is 11.0 Å². The summed E-state index contributed by atoms with van der Waals surface area (Å²) < 4.78 is 0. The van der Waals surface area contributed by atoms with Crippen molar-refractivity contribution in [3.8, 4) is 0 Å². The molecule has 0 fully saturated rings. The molecule has 3 heterocycles. The fraction of sp³-hybridized carbons (Fsp3) is 0.118. The van der Waals surface area contributed by atoms with E-state index in [0.29, 0.717) is 16.6 Å². The molecule has 0 unspecified atom stereocenters. The maximum atomic E-state index is 12.7. The molecule has 2 aromatic rings. The zero-order valence-electron chi connectivity index (χ0n) is 12.7. The Morgan fingerprint density at radius 2 is 2.21 bits per heavy atom. The molecule has 4 rings (SSSR count). The molecule has 2 aliphatic rings. The molecule has 0 saturated carbocycles. The molecule has 1 atom stereocenters. The number of thioether (sulfide) groups is 1. The first-order valence-electron chi connectivity index (χ1n) is 7.41. The van der Waals surface area contributed by atoms with Crippen molar-refractivity contribution in [3.63, 3.8) is 0 Å². The van der Waals surface area contributed by atoms with E-state index in [2.05, 4.69) is 17.0 Å². The molecule has 5 nitrogen and oxygen atoms in total. The zero-order valence-corrected chi connectivity index (χ0v) is 14.3. The largest absolute Gasteiger partial charge is 0.298 e. The molecule has 0 aliphatic carbocycles. The number of fused-ring (bicyclic) bond motifs is 2. The second-order valence-electron chi connectivity index (χ2n) is 5.19. The Morgan fingerprint density at radius 1 is 1.33 bits per heavy atom. The molecule has 0 bridgehead atoms. The van der Waals surface area contributed by atoms with E-state index in [4.69, 9.17) is 4.99 Å². The molecule has 120 valence electrons. The summed E-state index contributed by atoms with van der Waals surface area (Å²) in [5.41, 5.74) is 0.543. The van der Waals surface area contributed by atoms with Gasteiger partial charge in [0.2, 0.25) is 0 Å². The molecule has 7 heteroatoms. The predicted octanol–water partition coefficient (Wildman–Crippen LogP) is 1.81. The van der Waals surface area contributed by atoms with E-state index in [1.165, 1.54) is 11.8 Å². The van der Waals surface area contributed by atoms with Gasteiger partial charge in [0.05, 0.1) is 10.2 Å². The van der Waals surface area contributed by atoms with Crippen LogP contribution in [0, 0.1) is 0 Å². The third-order valence-corrected chi connectivity index (χ3v) is 5.42. The van der Waals surface area contributed by atoms with Crippen molar-refractivity contribution in [1.82, 2.24) is 10.3 Å². The van der Waals surface area contributed by atoms with E-state index in [1.807, 2.05) is 41.8 Å². The van der Waals surface area contributed by atoms with E-state index in [1.54, 1.807) is 22.4 Å². The normalized spacial score (nSPS) is 18.9. The molecule has 1 aromatic heterocycles. The number of nitrogens with zero attached hydrogens (tertiary/aromatic N) is 3. The van der Waals surface area contributed by atoms with Gasteiger partial charge in [-0.2, -0.15) is 0 Å². The Bertz CT molecular complexity index is 949. The van der Waals surface area contributed by atoms with Gasteiger partial charge in [0.25, 0.3) is 5.91 Å². The summed E-state index contributed by atoms with van der Waals surface area (Å²) >= 11 is 3.05. The van der Waals surface area contributed by atoms with Crippen LogP contribution in [0.2, 0.25) is 0 Å². The number of hydrazone groups is 1. The van der Waals surface area contributed by atoms with E-state index in [0.717, 1.165) is 15.5 Å². The van der Waals surface area contributed by atoms with Crippen molar-refractivity contribution in [2.75, 3.05) is 5.75 Å². The van der Waals surface area contributed by atoms with Crippen molar-refractivity contribution in [1.29, 1.82) is 0 Å². The van der Waals surface area contributed by atoms with Crippen molar-refractivity contribution in [2.24, 2.45) is 10.1 Å². The van der Waals surface area contributed by atoms with Crippen LogP contribution in [-0.4, -0.2) is 21.8 Å². The van der Waals surface area contributed by atoms with Gasteiger partial charge in [-0.1, -0.05) is 42.1 Å². The van der Waals surface area contributed by atoms with Gasteiger partial charge in [-0.3, -0.25) is 15.1 Å². The minimum atomic E-state index is -0.319. The number of carbonyl (C=O) groups excluding carboxylic acids is 1. The lowest BCUT2D eigenvalue weighted by Crippen LogP contribution is -2.50. The summed E-state index contributed by atoms with van der Waals surface area (Å²) in [6.07, 6.45) is 1.46. The Labute approximate surface area is 147 Å².